The Morgan fingerprint density at radius 1 is 1.04 bits per heavy atom. The van der Waals surface area contributed by atoms with Crippen molar-refractivity contribution in [1.29, 1.82) is 0 Å². The second-order valence-electron chi connectivity index (χ2n) is 6.10. The summed E-state index contributed by atoms with van der Waals surface area (Å²) in [6.07, 6.45) is 0. The standard InChI is InChI=1S/C18H21NO3S/c1-15-8-10-17(11-9-15)23(20,21)19-12-13-22-18(2,14-19)16-6-4-3-5-7-16/h3-11H,12-14H2,1-2H3/t18-/m0/s1. The second-order valence-corrected chi connectivity index (χ2v) is 8.03. The van der Waals surface area contributed by atoms with Gasteiger partial charge in [0.2, 0.25) is 10.0 Å². The van der Waals surface area contributed by atoms with Crippen LogP contribution in [0.15, 0.2) is 59.5 Å². The molecule has 0 N–H and O–H groups in total. The number of hydrogen-bond acceptors (Lipinski definition) is 3. The van der Waals surface area contributed by atoms with E-state index in [1.54, 1.807) is 12.1 Å². The summed E-state index contributed by atoms with van der Waals surface area (Å²) in [7, 11) is -3.50. The predicted octanol–water partition coefficient (Wildman–Crippen LogP) is 2.93. The zero-order valence-corrected chi connectivity index (χ0v) is 14.2. The van der Waals surface area contributed by atoms with E-state index in [0.29, 0.717) is 24.6 Å². The summed E-state index contributed by atoms with van der Waals surface area (Å²) >= 11 is 0. The number of hydrogen-bond donors (Lipinski definition) is 0. The average Bonchev–Trinajstić information content (AvgIpc) is 2.56. The number of ether oxygens (including phenoxy) is 1. The van der Waals surface area contributed by atoms with Crippen molar-refractivity contribution in [3.05, 3.63) is 65.7 Å². The van der Waals surface area contributed by atoms with Crippen LogP contribution >= 0.6 is 0 Å². The van der Waals surface area contributed by atoms with Gasteiger partial charge in [0.25, 0.3) is 0 Å². The molecule has 0 amide bonds. The summed E-state index contributed by atoms with van der Waals surface area (Å²) in [4.78, 5) is 0.334. The van der Waals surface area contributed by atoms with Crippen molar-refractivity contribution in [2.24, 2.45) is 0 Å². The Bertz CT molecular complexity index is 772. The van der Waals surface area contributed by atoms with Crippen molar-refractivity contribution in [2.45, 2.75) is 24.3 Å². The van der Waals surface area contributed by atoms with Gasteiger partial charge in [-0.1, -0.05) is 48.0 Å². The second kappa shape index (κ2) is 6.07. The van der Waals surface area contributed by atoms with Crippen LogP contribution in [0.2, 0.25) is 0 Å². The smallest absolute Gasteiger partial charge is 0.243 e. The Balaban J connectivity index is 1.90. The Hall–Kier alpha value is -1.69. The third kappa shape index (κ3) is 3.17. The molecule has 0 spiro atoms. The summed E-state index contributed by atoms with van der Waals surface area (Å²) < 4.78 is 33.2. The first kappa shape index (κ1) is 16.2. The third-order valence-corrected chi connectivity index (χ3v) is 6.14. The first-order valence-electron chi connectivity index (χ1n) is 7.68. The number of sulfonamides is 1. The lowest BCUT2D eigenvalue weighted by molar-refractivity contribution is -0.0820. The lowest BCUT2D eigenvalue weighted by Gasteiger charge is -2.40. The number of rotatable bonds is 3. The summed E-state index contributed by atoms with van der Waals surface area (Å²) in [5.74, 6) is 0. The minimum Gasteiger partial charge on any atom is -0.368 e. The van der Waals surface area contributed by atoms with Gasteiger partial charge in [0, 0.05) is 13.1 Å². The summed E-state index contributed by atoms with van der Waals surface area (Å²) in [5, 5.41) is 0. The van der Waals surface area contributed by atoms with Crippen molar-refractivity contribution >= 4 is 10.0 Å². The molecular weight excluding hydrogens is 310 g/mol. The molecular formula is C18H21NO3S. The van der Waals surface area contributed by atoms with Gasteiger partial charge in [-0.05, 0) is 31.5 Å². The van der Waals surface area contributed by atoms with Crippen LogP contribution in [0.25, 0.3) is 0 Å². The third-order valence-electron chi connectivity index (χ3n) is 4.28. The zero-order valence-electron chi connectivity index (χ0n) is 13.4. The van der Waals surface area contributed by atoms with Gasteiger partial charge in [-0.25, -0.2) is 8.42 Å². The highest BCUT2D eigenvalue weighted by Crippen LogP contribution is 2.31. The van der Waals surface area contributed by atoms with Crippen LogP contribution in [0.3, 0.4) is 0 Å². The highest BCUT2D eigenvalue weighted by molar-refractivity contribution is 7.89. The van der Waals surface area contributed by atoms with E-state index < -0.39 is 15.6 Å². The molecule has 0 saturated carbocycles. The summed E-state index contributed by atoms with van der Waals surface area (Å²) in [5.41, 5.74) is 1.40. The van der Waals surface area contributed by atoms with E-state index in [4.69, 9.17) is 4.74 Å². The molecule has 0 aromatic heterocycles. The van der Waals surface area contributed by atoms with Gasteiger partial charge in [-0.15, -0.1) is 0 Å². The molecule has 1 saturated heterocycles. The van der Waals surface area contributed by atoms with Crippen molar-refractivity contribution < 1.29 is 13.2 Å². The minimum atomic E-state index is -3.50. The monoisotopic (exact) mass is 331 g/mol. The van der Waals surface area contributed by atoms with E-state index >= 15 is 0 Å². The topological polar surface area (TPSA) is 46.6 Å². The number of aryl methyl sites for hydroxylation is 1. The van der Waals surface area contributed by atoms with Crippen LogP contribution in [0.1, 0.15) is 18.1 Å². The highest BCUT2D eigenvalue weighted by atomic mass is 32.2. The van der Waals surface area contributed by atoms with Crippen LogP contribution in [0.5, 0.6) is 0 Å². The Kier molecular flexibility index (Phi) is 4.27. The van der Waals surface area contributed by atoms with E-state index in [2.05, 4.69) is 0 Å². The lowest BCUT2D eigenvalue weighted by atomic mass is 9.95. The van der Waals surface area contributed by atoms with Crippen molar-refractivity contribution in [2.75, 3.05) is 19.7 Å². The Labute approximate surface area is 137 Å². The van der Waals surface area contributed by atoms with Crippen LogP contribution in [0.4, 0.5) is 0 Å². The van der Waals surface area contributed by atoms with E-state index in [-0.39, 0.29) is 0 Å². The maximum Gasteiger partial charge on any atom is 0.243 e. The molecule has 0 unspecified atom stereocenters. The molecule has 1 atom stereocenters. The van der Waals surface area contributed by atoms with E-state index in [1.807, 2.05) is 56.3 Å². The van der Waals surface area contributed by atoms with Crippen molar-refractivity contribution in [1.82, 2.24) is 4.31 Å². The maximum absolute atomic E-state index is 12.9. The van der Waals surface area contributed by atoms with E-state index in [1.165, 1.54) is 4.31 Å². The molecule has 2 aromatic carbocycles. The molecule has 122 valence electrons. The Morgan fingerprint density at radius 3 is 2.35 bits per heavy atom. The maximum atomic E-state index is 12.9. The van der Waals surface area contributed by atoms with E-state index in [0.717, 1.165) is 11.1 Å². The van der Waals surface area contributed by atoms with Crippen LogP contribution < -0.4 is 0 Å². The first-order valence-corrected chi connectivity index (χ1v) is 9.12. The van der Waals surface area contributed by atoms with Gasteiger partial charge in [0.05, 0.1) is 11.5 Å². The van der Waals surface area contributed by atoms with Gasteiger partial charge in [0.15, 0.2) is 0 Å². The molecule has 3 rings (SSSR count). The van der Waals surface area contributed by atoms with Gasteiger partial charge in [0.1, 0.15) is 5.60 Å². The van der Waals surface area contributed by atoms with Crippen molar-refractivity contribution in [3.63, 3.8) is 0 Å². The fourth-order valence-corrected chi connectivity index (χ4v) is 4.37. The number of morpholine rings is 1. The van der Waals surface area contributed by atoms with E-state index in [9.17, 15) is 8.42 Å². The van der Waals surface area contributed by atoms with Crippen molar-refractivity contribution in [3.8, 4) is 0 Å². The van der Waals surface area contributed by atoms with Gasteiger partial charge < -0.3 is 4.74 Å². The normalized spacial score (nSPS) is 22.9. The molecule has 1 aliphatic rings. The summed E-state index contributed by atoms with van der Waals surface area (Å²) in [6.45, 7) is 4.96. The molecule has 0 radical (unpaired) electrons. The van der Waals surface area contributed by atoms with Crippen LogP contribution in [0, 0.1) is 6.92 Å². The quantitative estimate of drug-likeness (QED) is 0.869. The molecule has 4 nitrogen and oxygen atoms in total. The minimum absolute atomic E-state index is 0.313. The molecule has 23 heavy (non-hydrogen) atoms. The molecule has 1 fully saturated rings. The molecule has 0 aliphatic carbocycles. The van der Waals surface area contributed by atoms with Gasteiger partial charge >= 0.3 is 0 Å². The highest BCUT2D eigenvalue weighted by Gasteiger charge is 2.39. The lowest BCUT2D eigenvalue weighted by Crippen LogP contribution is -2.50. The number of benzene rings is 2. The number of nitrogens with zero attached hydrogens (tertiary/aromatic N) is 1. The average molecular weight is 331 g/mol. The molecule has 5 heteroatoms. The van der Waals surface area contributed by atoms with Gasteiger partial charge in [-0.2, -0.15) is 4.31 Å². The molecule has 1 aliphatic heterocycles. The summed E-state index contributed by atoms with van der Waals surface area (Å²) in [6, 6.07) is 16.8. The fourth-order valence-electron chi connectivity index (χ4n) is 2.86. The zero-order chi connectivity index (χ0) is 16.5. The SMILES string of the molecule is Cc1ccc(S(=O)(=O)N2CCO[C@](C)(c3ccccc3)C2)cc1. The molecule has 1 heterocycles. The largest absolute Gasteiger partial charge is 0.368 e. The van der Waals surface area contributed by atoms with Crippen LogP contribution in [-0.2, 0) is 20.4 Å². The molecule has 0 bridgehead atoms. The predicted molar refractivity (Wildman–Crippen MR) is 89.7 cm³/mol. The molecule has 2 aromatic rings. The first-order chi connectivity index (χ1) is 10.9. The fraction of sp³-hybridized carbons (Fsp3) is 0.333. The Morgan fingerprint density at radius 2 is 1.70 bits per heavy atom. The van der Waals surface area contributed by atoms with Gasteiger partial charge in [-0.3, -0.25) is 0 Å². The van der Waals surface area contributed by atoms with Crippen LogP contribution in [-0.4, -0.2) is 32.4 Å².